The number of alkyl halides is 2. The summed E-state index contributed by atoms with van der Waals surface area (Å²) >= 11 is 0. The molecule has 1 N–H and O–H groups in total. The molecule has 0 spiro atoms. The van der Waals surface area contributed by atoms with E-state index < -0.39 is 18.5 Å². The normalized spacial score (nSPS) is 13.9. The number of aromatic nitrogens is 4. The van der Waals surface area contributed by atoms with Crippen LogP contribution in [0.15, 0.2) is 59.7 Å². The molecular weight excluding hydrogens is 460 g/mol. The van der Waals surface area contributed by atoms with Crippen molar-refractivity contribution < 1.29 is 23.4 Å². The van der Waals surface area contributed by atoms with Gasteiger partial charge in [0.2, 0.25) is 5.95 Å². The maximum Gasteiger partial charge on any atom is 0.387 e. The molecule has 0 amide bonds. The molecule has 0 unspecified atom stereocenters. The van der Waals surface area contributed by atoms with Crippen LogP contribution < -0.4 is 15.2 Å². The first-order valence-electron chi connectivity index (χ1n) is 10.8. The highest BCUT2D eigenvalue weighted by Crippen LogP contribution is 2.27. The van der Waals surface area contributed by atoms with E-state index in [0.717, 1.165) is 11.1 Å². The Bertz CT molecular complexity index is 1460. The van der Waals surface area contributed by atoms with Crippen LogP contribution in [-0.2, 0) is 18.4 Å². The number of carboxylic acids is 1. The molecule has 0 saturated carbocycles. The second-order valence-corrected chi connectivity index (χ2v) is 8.32. The lowest BCUT2D eigenvalue weighted by Crippen LogP contribution is -2.51. The summed E-state index contributed by atoms with van der Waals surface area (Å²) in [6, 6.07) is 11.8. The Morgan fingerprint density at radius 2 is 1.86 bits per heavy atom. The van der Waals surface area contributed by atoms with Gasteiger partial charge in [0.25, 0.3) is 5.56 Å². The second kappa shape index (κ2) is 8.82. The van der Waals surface area contributed by atoms with E-state index in [0.29, 0.717) is 35.5 Å². The summed E-state index contributed by atoms with van der Waals surface area (Å²) in [5, 5.41) is 9.52. The van der Waals surface area contributed by atoms with E-state index in [2.05, 4.69) is 14.7 Å². The summed E-state index contributed by atoms with van der Waals surface area (Å²) in [6.07, 6.45) is 3.30. The minimum atomic E-state index is -2.96. The van der Waals surface area contributed by atoms with Crippen LogP contribution in [-0.4, -0.2) is 50.1 Å². The number of carboxylic acid groups (broad SMARTS) is 1. The number of hydrogen-bond donors (Lipinski definition) is 1. The van der Waals surface area contributed by atoms with Crippen molar-refractivity contribution in [2.75, 3.05) is 18.0 Å². The predicted molar refractivity (Wildman–Crippen MR) is 124 cm³/mol. The monoisotopic (exact) mass is 481 g/mol. The third-order valence-corrected chi connectivity index (χ3v) is 6.16. The number of carbonyl (C=O) groups is 1. The SMILES string of the molecule is Cn1c(=O)c2ccc(-c3cnc(N4CC(C(=O)O)C4)nc3)cc2n1Cc1ccccc1OC(F)F. The smallest absolute Gasteiger partial charge is 0.387 e. The van der Waals surface area contributed by atoms with Crippen molar-refractivity contribution in [3.05, 3.63) is 70.8 Å². The predicted octanol–water partition coefficient (Wildman–Crippen LogP) is 2.97. The van der Waals surface area contributed by atoms with Gasteiger partial charge in [-0.15, -0.1) is 0 Å². The lowest BCUT2D eigenvalue weighted by Gasteiger charge is -2.36. The number of benzene rings is 2. The van der Waals surface area contributed by atoms with Gasteiger partial charge in [0.15, 0.2) is 0 Å². The molecular formula is C24H21F2N5O4. The van der Waals surface area contributed by atoms with E-state index in [-0.39, 0.29) is 17.9 Å². The number of nitrogens with zero attached hydrogens (tertiary/aromatic N) is 5. The third kappa shape index (κ3) is 4.20. The zero-order valence-electron chi connectivity index (χ0n) is 18.6. The van der Waals surface area contributed by atoms with Crippen LogP contribution in [0, 0.1) is 5.92 Å². The number of anilines is 1. The van der Waals surface area contributed by atoms with Crippen molar-refractivity contribution in [1.29, 1.82) is 0 Å². The van der Waals surface area contributed by atoms with Gasteiger partial charge in [-0.25, -0.2) is 9.97 Å². The molecule has 0 bridgehead atoms. The number of para-hydroxylation sites is 1. The molecule has 0 aliphatic carbocycles. The van der Waals surface area contributed by atoms with Crippen LogP contribution in [0.1, 0.15) is 5.56 Å². The summed E-state index contributed by atoms with van der Waals surface area (Å²) < 4.78 is 33.5. The van der Waals surface area contributed by atoms with Crippen LogP contribution in [0.4, 0.5) is 14.7 Å². The molecule has 5 rings (SSSR count). The minimum Gasteiger partial charge on any atom is -0.481 e. The Balaban J connectivity index is 1.46. The van der Waals surface area contributed by atoms with Crippen LogP contribution in [0.5, 0.6) is 5.75 Å². The van der Waals surface area contributed by atoms with E-state index in [1.807, 2.05) is 6.07 Å². The molecule has 9 nitrogen and oxygen atoms in total. The Kier molecular flexibility index (Phi) is 5.67. The molecule has 2 aromatic heterocycles. The van der Waals surface area contributed by atoms with Gasteiger partial charge in [-0.3, -0.25) is 19.0 Å². The molecule has 1 aliphatic rings. The van der Waals surface area contributed by atoms with Crippen LogP contribution in [0.25, 0.3) is 22.0 Å². The van der Waals surface area contributed by atoms with E-state index in [1.54, 1.807) is 59.4 Å². The van der Waals surface area contributed by atoms with Crippen molar-refractivity contribution in [2.24, 2.45) is 13.0 Å². The Hall–Kier alpha value is -4.28. The van der Waals surface area contributed by atoms with E-state index in [9.17, 15) is 18.4 Å². The van der Waals surface area contributed by atoms with Gasteiger partial charge in [-0.1, -0.05) is 24.3 Å². The van der Waals surface area contributed by atoms with Gasteiger partial charge in [-0.05, 0) is 23.8 Å². The summed E-state index contributed by atoms with van der Waals surface area (Å²) in [5.41, 5.74) is 2.41. The molecule has 1 fully saturated rings. The Morgan fingerprint density at radius 3 is 2.54 bits per heavy atom. The van der Waals surface area contributed by atoms with Crippen molar-refractivity contribution in [1.82, 2.24) is 19.3 Å². The van der Waals surface area contributed by atoms with Crippen LogP contribution in [0.2, 0.25) is 0 Å². The van der Waals surface area contributed by atoms with Crippen molar-refractivity contribution >= 4 is 22.8 Å². The maximum atomic E-state index is 12.9. The van der Waals surface area contributed by atoms with Gasteiger partial charge in [0.05, 0.1) is 23.4 Å². The van der Waals surface area contributed by atoms with Crippen molar-refractivity contribution in [2.45, 2.75) is 13.2 Å². The van der Waals surface area contributed by atoms with E-state index in [4.69, 9.17) is 5.11 Å². The van der Waals surface area contributed by atoms with Crippen LogP contribution in [0.3, 0.4) is 0 Å². The lowest BCUT2D eigenvalue weighted by molar-refractivity contribution is -0.142. The molecule has 1 aliphatic heterocycles. The average Bonchev–Trinajstić information content (AvgIpc) is 3.03. The average molecular weight is 481 g/mol. The first-order valence-corrected chi connectivity index (χ1v) is 10.8. The first-order chi connectivity index (χ1) is 16.8. The summed E-state index contributed by atoms with van der Waals surface area (Å²) in [4.78, 5) is 34.3. The summed E-state index contributed by atoms with van der Waals surface area (Å²) in [7, 11) is 1.62. The van der Waals surface area contributed by atoms with Gasteiger partial charge in [0, 0.05) is 43.7 Å². The zero-order chi connectivity index (χ0) is 24.7. The maximum absolute atomic E-state index is 12.9. The molecule has 0 radical (unpaired) electrons. The Labute approximate surface area is 197 Å². The van der Waals surface area contributed by atoms with E-state index in [1.165, 1.54) is 10.7 Å². The molecule has 4 aromatic rings. The van der Waals surface area contributed by atoms with Crippen molar-refractivity contribution in [3.63, 3.8) is 0 Å². The fourth-order valence-electron chi connectivity index (χ4n) is 4.18. The highest BCUT2D eigenvalue weighted by molar-refractivity contribution is 5.84. The van der Waals surface area contributed by atoms with Gasteiger partial charge >= 0.3 is 12.6 Å². The van der Waals surface area contributed by atoms with Gasteiger partial charge in [0.1, 0.15) is 5.75 Å². The minimum absolute atomic E-state index is 0.0491. The largest absolute Gasteiger partial charge is 0.481 e. The number of hydrogen-bond acceptors (Lipinski definition) is 6. The lowest BCUT2D eigenvalue weighted by atomic mass is 10.0. The van der Waals surface area contributed by atoms with Gasteiger partial charge in [-0.2, -0.15) is 8.78 Å². The number of rotatable bonds is 7. The standard InChI is InChI=1S/C24H21F2N5O4/c1-29-21(32)18-7-6-14(16-9-27-24(28-10-16)30-11-17(12-30)22(33)34)8-19(18)31(29)13-15-4-2-3-5-20(15)35-23(25)26/h2-10,17,23H,11-13H2,1H3,(H,33,34). The zero-order valence-corrected chi connectivity index (χ0v) is 18.6. The fourth-order valence-corrected chi connectivity index (χ4v) is 4.18. The molecule has 11 heteroatoms. The Morgan fingerprint density at radius 1 is 1.14 bits per heavy atom. The fraction of sp³-hybridized carbons (Fsp3) is 0.250. The number of halogens is 2. The summed E-state index contributed by atoms with van der Waals surface area (Å²) in [6.45, 7) is -2.07. The number of ether oxygens (including phenoxy) is 1. The topological polar surface area (TPSA) is 102 Å². The molecule has 3 heterocycles. The molecule has 0 atom stereocenters. The molecule has 1 saturated heterocycles. The quantitative estimate of drug-likeness (QED) is 0.433. The number of fused-ring (bicyclic) bond motifs is 1. The van der Waals surface area contributed by atoms with Crippen LogP contribution >= 0.6 is 0 Å². The number of aliphatic carboxylic acids is 1. The highest BCUT2D eigenvalue weighted by Gasteiger charge is 2.34. The molecule has 35 heavy (non-hydrogen) atoms. The van der Waals surface area contributed by atoms with Gasteiger partial charge < -0.3 is 14.7 Å². The molecule has 180 valence electrons. The first kappa shape index (κ1) is 22.5. The molecule has 2 aromatic carbocycles. The summed E-state index contributed by atoms with van der Waals surface area (Å²) in [5.74, 6) is -0.733. The second-order valence-electron chi connectivity index (χ2n) is 8.32. The van der Waals surface area contributed by atoms with Crippen molar-refractivity contribution in [3.8, 4) is 16.9 Å². The third-order valence-electron chi connectivity index (χ3n) is 6.16. The highest BCUT2D eigenvalue weighted by atomic mass is 19.3. The van der Waals surface area contributed by atoms with E-state index >= 15 is 0 Å².